The van der Waals surface area contributed by atoms with Crippen LogP contribution in [0.5, 0.6) is 0 Å². The Morgan fingerprint density at radius 3 is 2.63 bits per heavy atom. The van der Waals surface area contributed by atoms with E-state index in [4.69, 9.17) is 0 Å². The van der Waals surface area contributed by atoms with Crippen molar-refractivity contribution < 1.29 is 9.18 Å². The monoisotopic (exact) mass is 257 g/mol. The molecule has 4 nitrogen and oxygen atoms in total. The highest BCUT2D eigenvalue weighted by molar-refractivity contribution is 6.02. The van der Waals surface area contributed by atoms with Gasteiger partial charge in [-0.1, -0.05) is 0 Å². The summed E-state index contributed by atoms with van der Waals surface area (Å²) >= 11 is 0. The van der Waals surface area contributed by atoms with Crippen LogP contribution in [-0.2, 0) is 0 Å². The first-order valence-electron chi connectivity index (χ1n) is 6.11. The Kier molecular flexibility index (Phi) is 2.95. The van der Waals surface area contributed by atoms with E-state index in [1.54, 1.807) is 6.07 Å². The first-order valence-corrected chi connectivity index (χ1v) is 6.11. The van der Waals surface area contributed by atoms with Crippen LogP contribution in [0.3, 0.4) is 0 Å². The van der Waals surface area contributed by atoms with Crippen LogP contribution in [0.25, 0.3) is 0 Å². The van der Waals surface area contributed by atoms with E-state index in [2.05, 4.69) is 15.3 Å². The highest BCUT2D eigenvalue weighted by Crippen LogP contribution is 2.38. The van der Waals surface area contributed by atoms with Gasteiger partial charge >= 0.3 is 0 Å². The number of nitrogens with one attached hydrogen (secondary N) is 1. The topological polar surface area (TPSA) is 54.9 Å². The molecule has 0 atom stereocenters. The average Bonchev–Trinajstić information content (AvgIpc) is 3.26. The molecule has 1 heterocycles. The van der Waals surface area contributed by atoms with Crippen molar-refractivity contribution in [2.24, 2.45) is 0 Å². The predicted octanol–water partition coefficient (Wildman–Crippen LogP) is 2.75. The van der Waals surface area contributed by atoms with Crippen LogP contribution in [-0.4, -0.2) is 15.9 Å². The van der Waals surface area contributed by atoms with Gasteiger partial charge in [-0.05, 0) is 43.2 Å². The number of hydrogen-bond acceptors (Lipinski definition) is 3. The van der Waals surface area contributed by atoms with Gasteiger partial charge in [0.2, 0.25) is 0 Å². The fourth-order valence-electron chi connectivity index (χ4n) is 1.83. The summed E-state index contributed by atoms with van der Waals surface area (Å²) in [7, 11) is 0. The van der Waals surface area contributed by atoms with Gasteiger partial charge in [0.25, 0.3) is 5.91 Å². The van der Waals surface area contributed by atoms with Crippen molar-refractivity contribution in [2.75, 3.05) is 5.32 Å². The molecular formula is C14H12FN3O. The van der Waals surface area contributed by atoms with Crippen molar-refractivity contribution in [3.05, 3.63) is 53.9 Å². The predicted molar refractivity (Wildman–Crippen MR) is 68.4 cm³/mol. The van der Waals surface area contributed by atoms with Crippen LogP contribution >= 0.6 is 0 Å². The molecule has 1 amide bonds. The number of carbonyl (C=O) groups excluding carboxylic acids is 1. The lowest BCUT2D eigenvalue weighted by atomic mass is 10.2. The molecule has 1 aliphatic rings. The normalized spacial score (nSPS) is 14.2. The van der Waals surface area contributed by atoms with E-state index in [0.717, 1.165) is 18.5 Å². The van der Waals surface area contributed by atoms with Gasteiger partial charge in [-0.2, -0.15) is 0 Å². The maximum atomic E-state index is 12.8. The lowest BCUT2D eigenvalue weighted by molar-refractivity contribution is 0.102. The van der Waals surface area contributed by atoms with Crippen LogP contribution in [0, 0.1) is 5.82 Å². The zero-order valence-corrected chi connectivity index (χ0v) is 10.1. The molecule has 1 N–H and O–H groups in total. The Bertz CT molecular complexity index is 608. The van der Waals surface area contributed by atoms with Gasteiger partial charge in [0.05, 0.1) is 0 Å². The molecule has 96 valence electrons. The van der Waals surface area contributed by atoms with Crippen LogP contribution in [0.2, 0.25) is 0 Å². The van der Waals surface area contributed by atoms with Gasteiger partial charge in [0.15, 0.2) is 0 Å². The molecule has 0 aliphatic heterocycles. The lowest BCUT2D eigenvalue weighted by Crippen LogP contribution is -2.14. The van der Waals surface area contributed by atoms with E-state index in [-0.39, 0.29) is 11.7 Å². The second-order valence-electron chi connectivity index (χ2n) is 4.56. The fraction of sp³-hybridized carbons (Fsp3) is 0.214. The summed E-state index contributed by atoms with van der Waals surface area (Å²) in [6.07, 6.45) is 3.65. The molecular weight excluding hydrogens is 245 g/mol. The summed E-state index contributed by atoms with van der Waals surface area (Å²) in [5.41, 5.74) is 1.79. The minimum Gasteiger partial charge on any atom is -0.321 e. The second kappa shape index (κ2) is 4.76. The van der Waals surface area contributed by atoms with E-state index in [0.29, 0.717) is 17.3 Å². The average molecular weight is 257 g/mol. The Morgan fingerprint density at radius 1 is 1.21 bits per heavy atom. The third-order valence-corrected chi connectivity index (χ3v) is 3.02. The Labute approximate surface area is 109 Å². The van der Waals surface area contributed by atoms with Crippen molar-refractivity contribution in [1.82, 2.24) is 9.97 Å². The molecule has 3 rings (SSSR count). The third-order valence-electron chi connectivity index (χ3n) is 3.02. The van der Waals surface area contributed by atoms with Gasteiger partial charge in [0.1, 0.15) is 17.8 Å². The number of carbonyl (C=O) groups is 1. The van der Waals surface area contributed by atoms with E-state index in [1.807, 2.05) is 0 Å². The van der Waals surface area contributed by atoms with Crippen LogP contribution < -0.4 is 5.32 Å². The van der Waals surface area contributed by atoms with Gasteiger partial charge in [-0.15, -0.1) is 0 Å². The maximum absolute atomic E-state index is 12.8. The first kappa shape index (κ1) is 11.8. The minimum atomic E-state index is -0.337. The number of anilines is 1. The molecule has 0 spiro atoms. The summed E-state index contributed by atoms with van der Waals surface area (Å²) < 4.78 is 12.8. The zero-order valence-electron chi connectivity index (χ0n) is 10.1. The lowest BCUT2D eigenvalue weighted by Gasteiger charge is -2.05. The number of hydrogen-bond donors (Lipinski definition) is 1. The van der Waals surface area contributed by atoms with Crippen molar-refractivity contribution in [3.63, 3.8) is 0 Å². The smallest absolute Gasteiger partial charge is 0.274 e. The van der Waals surface area contributed by atoms with Crippen molar-refractivity contribution in [2.45, 2.75) is 18.8 Å². The Balaban J connectivity index is 1.76. The van der Waals surface area contributed by atoms with Crippen molar-refractivity contribution in [3.8, 4) is 0 Å². The molecule has 1 aliphatic carbocycles. The highest BCUT2D eigenvalue weighted by atomic mass is 19.1. The number of nitrogens with zero attached hydrogens (tertiary/aromatic N) is 2. The zero-order chi connectivity index (χ0) is 13.2. The van der Waals surface area contributed by atoms with E-state index in [9.17, 15) is 9.18 Å². The van der Waals surface area contributed by atoms with E-state index >= 15 is 0 Å². The minimum absolute atomic E-state index is 0.309. The van der Waals surface area contributed by atoms with Crippen molar-refractivity contribution >= 4 is 11.6 Å². The molecule has 1 aromatic carbocycles. The molecule has 0 saturated heterocycles. The summed E-state index contributed by atoms with van der Waals surface area (Å²) in [6, 6.07) is 7.33. The summed E-state index contributed by atoms with van der Waals surface area (Å²) in [4.78, 5) is 20.1. The second-order valence-corrected chi connectivity index (χ2v) is 4.56. The van der Waals surface area contributed by atoms with Gasteiger partial charge < -0.3 is 5.32 Å². The van der Waals surface area contributed by atoms with Gasteiger partial charge in [-0.3, -0.25) is 4.79 Å². The first-order chi connectivity index (χ1) is 9.22. The Morgan fingerprint density at radius 2 is 1.95 bits per heavy atom. The molecule has 19 heavy (non-hydrogen) atoms. The SMILES string of the molecule is O=C(Nc1ccc(F)cc1)c1cc(C2CC2)ncn1. The number of amides is 1. The quantitative estimate of drug-likeness (QED) is 0.919. The molecule has 1 saturated carbocycles. The number of halogens is 1. The van der Waals surface area contributed by atoms with Crippen LogP contribution in [0.1, 0.15) is 34.9 Å². The molecule has 2 aromatic rings. The largest absolute Gasteiger partial charge is 0.321 e. The van der Waals surface area contributed by atoms with Crippen LogP contribution in [0.4, 0.5) is 10.1 Å². The standard InChI is InChI=1S/C14H12FN3O/c15-10-3-5-11(6-4-10)18-14(19)13-7-12(9-1-2-9)16-8-17-13/h3-9H,1-2H2,(H,18,19). The molecule has 1 fully saturated rings. The Hall–Kier alpha value is -2.30. The summed E-state index contributed by atoms with van der Waals surface area (Å²) in [5.74, 6) is -0.174. The third kappa shape index (κ3) is 2.76. The van der Waals surface area contributed by atoms with Crippen LogP contribution in [0.15, 0.2) is 36.7 Å². The molecule has 5 heteroatoms. The van der Waals surface area contributed by atoms with E-state index in [1.165, 1.54) is 30.6 Å². The number of rotatable bonds is 3. The summed E-state index contributed by atoms with van der Waals surface area (Å²) in [6.45, 7) is 0. The molecule has 1 aromatic heterocycles. The van der Waals surface area contributed by atoms with Gasteiger partial charge in [0, 0.05) is 17.3 Å². The maximum Gasteiger partial charge on any atom is 0.274 e. The number of benzene rings is 1. The van der Waals surface area contributed by atoms with Gasteiger partial charge in [-0.25, -0.2) is 14.4 Å². The molecule has 0 radical (unpaired) electrons. The summed E-state index contributed by atoms with van der Waals surface area (Å²) in [5, 5.41) is 2.68. The number of aromatic nitrogens is 2. The van der Waals surface area contributed by atoms with E-state index < -0.39 is 0 Å². The highest BCUT2D eigenvalue weighted by Gasteiger charge is 2.25. The molecule has 0 unspecified atom stereocenters. The fourth-order valence-corrected chi connectivity index (χ4v) is 1.83. The molecule has 0 bridgehead atoms. The van der Waals surface area contributed by atoms with Crippen molar-refractivity contribution in [1.29, 1.82) is 0 Å².